The van der Waals surface area contributed by atoms with Crippen LogP contribution in [-0.4, -0.2) is 15.8 Å². The molecule has 1 fully saturated rings. The number of para-hydroxylation sites is 1. The molecule has 2 aliphatic carbocycles. The molecule has 10 rings (SSSR count). The first-order valence-electron chi connectivity index (χ1n) is 18.8. The molecular formula is C49H42N4. The minimum absolute atomic E-state index is 0.0736. The molecule has 0 radical (unpaired) electrons. The summed E-state index contributed by atoms with van der Waals surface area (Å²) < 4.78 is 2.45. The molecule has 1 saturated heterocycles. The zero-order chi connectivity index (χ0) is 35.7. The van der Waals surface area contributed by atoms with Gasteiger partial charge in [0, 0.05) is 28.1 Å². The average Bonchev–Trinajstić information content (AvgIpc) is 3.87. The summed E-state index contributed by atoms with van der Waals surface area (Å²) in [4.78, 5) is 5.25. The largest absolute Gasteiger partial charge is 0.309 e. The van der Waals surface area contributed by atoms with E-state index in [2.05, 4.69) is 187 Å². The Morgan fingerprint density at radius 2 is 1.53 bits per heavy atom. The Morgan fingerprint density at radius 1 is 0.736 bits per heavy atom. The maximum atomic E-state index is 5.25. The van der Waals surface area contributed by atoms with Crippen molar-refractivity contribution >= 4 is 33.6 Å². The summed E-state index contributed by atoms with van der Waals surface area (Å²) in [6, 6.07) is 51.0. The Bertz CT molecular complexity index is 2620. The molecule has 4 heteroatoms. The lowest BCUT2D eigenvalue weighted by Crippen LogP contribution is -2.15. The van der Waals surface area contributed by atoms with Crippen LogP contribution in [0.25, 0.3) is 44.2 Å². The van der Waals surface area contributed by atoms with Gasteiger partial charge in [-0.3, -0.25) is 4.99 Å². The first kappa shape index (κ1) is 31.9. The van der Waals surface area contributed by atoms with Gasteiger partial charge >= 0.3 is 0 Å². The van der Waals surface area contributed by atoms with Crippen molar-refractivity contribution in [1.82, 2.24) is 15.0 Å². The van der Waals surface area contributed by atoms with Crippen molar-refractivity contribution in [3.63, 3.8) is 0 Å². The number of benzene rings is 6. The van der Waals surface area contributed by atoms with Crippen molar-refractivity contribution in [2.75, 3.05) is 0 Å². The smallest absolute Gasteiger partial charge is 0.142 e. The van der Waals surface area contributed by atoms with Crippen LogP contribution in [0, 0.1) is 5.92 Å². The highest BCUT2D eigenvalue weighted by atomic mass is 15.8. The molecule has 4 unspecified atom stereocenters. The zero-order valence-electron chi connectivity index (χ0n) is 30.4. The zero-order valence-corrected chi connectivity index (χ0v) is 30.4. The van der Waals surface area contributed by atoms with E-state index in [0.29, 0.717) is 5.92 Å². The molecule has 7 aromatic rings. The van der Waals surface area contributed by atoms with Gasteiger partial charge in [-0.25, -0.2) is 5.43 Å². The molecule has 0 amide bonds. The van der Waals surface area contributed by atoms with Gasteiger partial charge in [-0.15, -0.1) is 0 Å². The number of fused-ring (bicyclic) bond motifs is 6. The highest BCUT2D eigenvalue weighted by molar-refractivity contribution is 6.11. The number of aliphatic imine (C=N–C) groups is 1. The molecule has 0 bridgehead atoms. The highest BCUT2D eigenvalue weighted by Gasteiger charge is 2.41. The van der Waals surface area contributed by atoms with E-state index in [1.165, 1.54) is 60.8 Å². The van der Waals surface area contributed by atoms with Crippen LogP contribution in [-0.2, 0) is 5.41 Å². The third-order valence-electron chi connectivity index (χ3n) is 11.6. The summed E-state index contributed by atoms with van der Waals surface area (Å²) in [5.74, 6) is 0.571. The number of nitrogens with zero attached hydrogens (tertiary/aromatic N) is 3. The van der Waals surface area contributed by atoms with E-state index in [0.717, 1.165) is 23.2 Å². The summed E-state index contributed by atoms with van der Waals surface area (Å²) >= 11 is 0. The summed E-state index contributed by atoms with van der Waals surface area (Å²) in [7, 11) is 0. The number of hydrogen-bond donors (Lipinski definition) is 1. The second-order valence-corrected chi connectivity index (χ2v) is 15.4. The van der Waals surface area contributed by atoms with Crippen LogP contribution in [0.3, 0.4) is 0 Å². The third kappa shape index (κ3) is 5.40. The summed E-state index contributed by atoms with van der Waals surface area (Å²) in [6.45, 7) is 7.00. The van der Waals surface area contributed by atoms with E-state index >= 15 is 0 Å². The second kappa shape index (κ2) is 12.4. The standard InChI is InChI=1S/C49H42N4/c1-32-13-11-16-36(27-32)34-23-25-35(26-24-34)48-51-53(48)47(50-31-33-14-5-4-6-15-33)37-17-12-18-38(28-37)52-45-22-10-8-20-40(45)42-29-41-39-19-7-9-21-43(39)49(2,3)44(41)30-46(42)52/h4-26,28-32,47-48,51H,27H2,1-3H3/b50-31+. The topological polar surface area (TPSA) is 42.2 Å². The molecule has 1 aromatic heterocycles. The molecule has 0 saturated carbocycles. The molecule has 1 aliphatic heterocycles. The van der Waals surface area contributed by atoms with E-state index in [4.69, 9.17) is 4.99 Å². The minimum atomic E-state index is -0.224. The average molecular weight is 687 g/mol. The molecule has 258 valence electrons. The molecule has 2 heterocycles. The molecular weight excluding hydrogens is 645 g/mol. The summed E-state index contributed by atoms with van der Waals surface area (Å²) in [5, 5.41) is 4.82. The Kier molecular flexibility index (Phi) is 7.47. The van der Waals surface area contributed by atoms with Crippen molar-refractivity contribution in [2.24, 2.45) is 10.9 Å². The van der Waals surface area contributed by atoms with Gasteiger partial charge in [-0.05, 0) is 92.8 Å². The van der Waals surface area contributed by atoms with Crippen molar-refractivity contribution in [1.29, 1.82) is 0 Å². The summed E-state index contributed by atoms with van der Waals surface area (Å²) in [5.41, 5.74) is 18.8. The fourth-order valence-corrected chi connectivity index (χ4v) is 8.77. The Morgan fingerprint density at radius 3 is 2.38 bits per heavy atom. The van der Waals surface area contributed by atoms with Gasteiger partial charge in [0.25, 0.3) is 0 Å². The molecule has 6 aromatic carbocycles. The van der Waals surface area contributed by atoms with Gasteiger partial charge in [0.1, 0.15) is 12.3 Å². The number of hydrazine groups is 1. The van der Waals surface area contributed by atoms with Crippen LogP contribution in [0.5, 0.6) is 0 Å². The van der Waals surface area contributed by atoms with Gasteiger partial charge in [-0.2, -0.15) is 5.01 Å². The van der Waals surface area contributed by atoms with Crippen LogP contribution >= 0.6 is 0 Å². The van der Waals surface area contributed by atoms with Crippen molar-refractivity contribution in [3.8, 4) is 16.8 Å². The van der Waals surface area contributed by atoms with Crippen LogP contribution in [0.15, 0.2) is 163 Å². The van der Waals surface area contributed by atoms with Crippen LogP contribution in [0.4, 0.5) is 0 Å². The number of rotatable bonds is 7. The van der Waals surface area contributed by atoms with Crippen molar-refractivity contribution in [3.05, 3.63) is 191 Å². The monoisotopic (exact) mass is 686 g/mol. The minimum Gasteiger partial charge on any atom is -0.309 e. The van der Waals surface area contributed by atoms with Crippen LogP contribution in [0.1, 0.15) is 72.9 Å². The lowest BCUT2D eigenvalue weighted by Gasteiger charge is -2.22. The Hall–Kier alpha value is -5.81. The normalized spacial score (nSPS) is 20.4. The lowest BCUT2D eigenvalue weighted by atomic mass is 9.82. The van der Waals surface area contributed by atoms with Crippen molar-refractivity contribution < 1.29 is 0 Å². The predicted molar refractivity (Wildman–Crippen MR) is 220 cm³/mol. The molecule has 0 spiro atoms. The maximum Gasteiger partial charge on any atom is 0.142 e. The highest BCUT2D eigenvalue weighted by Crippen LogP contribution is 2.51. The Labute approximate surface area is 311 Å². The van der Waals surface area contributed by atoms with Crippen LogP contribution < -0.4 is 5.43 Å². The van der Waals surface area contributed by atoms with Crippen LogP contribution in [0.2, 0.25) is 0 Å². The van der Waals surface area contributed by atoms with E-state index in [1.54, 1.807) is 0 Å². The fraction of sp³-hybridized carbons (Fsp3) is 0.163. The van der Waals surface area contributed by atoms with E-state index in [9.17, 15) is 0 Å². The quantitative estimate of drug-likeness (QED) is 0.134. The molecule has 53 heavy (non-hydrogen) atoms. The molecule has 4 nitrogen and oxygen atoms in total. The predicted octanol–water partition coefficient (Wildman–Crippen LogP) is 11.7. The number of nitrogens with one attached hydrogen (secondary N) is 1. The number of allylic oxidation sites excluding steroid dienone is 4. The van der Waals surface area contributed by atoms with Gasteiger partial charge in [0.05, 0.1) is 11.0 Å². The van der Waals surface area contributed by atoms with E-state index in [-0.39, 0.29) is 17.7 Å². The maximum absolute atomic E-state index is 5.25. The Balaban J connectivity index is 1.05. The van der Waals surface area contributed by atoms with Gasteiger partial charge in [-0.1, -0.05) is 148 Å². The van der Waals surface area contributed by atoms with Gasteiger partial charge < -0.3 is 4.57 Å². The first-order chi connectivity index (χ1) is 25.9. The first-order valence-corrected chi connectivity index (χ1v) is 18.8. The van der Waals surface area contributed by atoms with Gasteiger partial charge in [0.2, 0.25) is 0 Å². The van der Waals surface area contributed by atoms with Gasteiger partial charge in [0.15, 0.2) is 0 Å². The molecule has 1 N–H and O–H groups in total. The third-order valence-corrected chi connectivity index (χ3v) is 11.6. The lowest BCUT2D eigenvalue weighted by molar-refractivity contribution is 0.371. The second-order valence-electron chi connectivity index (χ2n) is 15.4. The fourth-order valence-electron chi connectivity index (χ4n) is 8.77. The number of hydrogen-bond acceptors (Lipinski definition) is 3. The van der Waals surface area contributed by atoms with Crippen molar-refractivity contribution in [2.45, 2.75) is 44.9 Å². The van der Waals surface area contributed by atoms with E-state index in [1.807, 2.05) is 12.3 Å². The SMILES string of the molecule is CC1C=CC=C(c2ccc(C3NN3C(/N=C/c3ccccc3)c3cccc(-n4c5ccccc5c5cc6c(cc54)C(C)(C)c4ccccc4-6)c3)cc2)C1. The molecule has 3 aliphatic rings. The summed E-state index contributed by atoms with van der Waals surface area (Å²) in [6.07, 6.45) is 9.66. The molecule has 4 atom stereocenters. The number of aromatic nitrogens is 1. The van der Waals surface area contributed by atoms with E-state index < -0.39 is 0 Å².